The van der Waals surface area contributed by atoms with E-state index in [0.717, 1.165) is 6.04 Å². The summed E-state index contributed by atoms with van der Waals surface area (Å²) in [7, 11) is 4.33. The molecule has 0 aromatic heterocycles. The van der Waals surface area contributed by atoms with Crippen molar-refractivity contribution >= 4 is 0 Å². The quantitative estimate of drug-likeness (QED) is 0.752. The second-order valence-electron chi connectivity index (χ2n) is 6.06. The van der Waals surface area contributed by atoms with Gasteiger partial charge in [-0.2, -0.15) is 0 Å². The van der Waals surface area contributed by atoms with Crippen LogP contribution < -0.4 is 5.32 Å². The summed E-state index contributed by atoms with van der Waals surface area (Å²) in [6.45, 7) is 11.8. The van der Waals surface area contributed by atoms with Gasteiger partial charge in [0, 0.05) is 24.7 Å². The van der Waals surface area contributed by atoms with E-state index < -0.39 is 0 Å². The molecule has 108 valence electrons. The maximum Gasteiger partial charge on any atom is 0.0304 e. The van der Waals surface area contributed by atoms with Crippen molar-refractivity contribution in [1.82, 2.24) is 15.1 Å². The lowest BCUT2D eigenvalue weighted by Gasteiger charge is -2.47. The molecule has 0 amide bonds. The van der Waals surface area contributed by atoms with Crippen molar-refractivity contribution in [2.75, 3.05) is 40.3 Å². The van der Waals surface area contributed by atoms with Gasteiger partial charge in [0.2, 0.25) is 0 Å². The number of nitrogens with one attached hydrogen (secondary N) is 1. The molecule has 1 atom stereocenters. The first-order valence-corrected chi connectivity index (χ1v) is 7.70. The van der Waals surface area contributed by atoms with Gasteiger partial charge >= 0.3 is 0 Å². The van der Waals surface area contributed by atoms with Gasteiger partial charge in [-0.05, 0) is 52.9 Å². The highest BCUT2D eigenvalue weighted by Gasteiger charge is 2.35. The van der Waals surface area contributed by atoms with Crippen LogP contribution in [0, 0.1) is 0 Å². The maximum atomic E-state index is 3.81. The zero-order valence-corrected chi connectivity index (χ0v) is 13.1. The fraction of sp³-hybridized carbons (Fsp3) is 1.00. The summed E-state index contributed by atoms with van der Waals surface area (Å²) >= 11 is 0. The molecule has 1 unspecified atom stereocenters. The van der Waals surface area contributed by atoms with Gasteiger partial charge in [0.15, 0.2) is 0 Å². The molecule has 0 saturated carbocycles. The lowest BCUT2D eigenvalue weighted by atomic mass is 9.88. The molecule has 0 bridgehead atoms. The molecular formula is C15H33N3. The van der Waals surface area contributed by atoms with E-state index in [2.05, 4.69) is 50.0 Å². The normalized spacial score (nSPS) is 24.7. The van der Waals surface area contributed by atoms with Crippen LogP contribution in [-0.2, 0) is 0 Å². The molecule has 0 spiro atoms. The molecule has 3 nitrogen and oxygen atoms in total. The molecule has 3 heteroatoms. The Morgan fingerprint density at radius 1 is 1.22 bits per heavy atom. The molecule has 18 heavy (non-hydrogen) atoms. The number of nitrogens with zero attached hydrogens (tertiary/aromatic N) is 2. The van der Waals surface area contributed by atoms with Crippen molar-refractivity contribution in [3.8, 4) is 0 Å². The molecular weight excluding hydrogens is 222 g/mol. The van der Waals surface area contributed by atoms with E-state index in [0.29, 0.717) is 5.54 Å². The van der Waals surface area contributed by atoms with Crippen molar-refractivity contribution < 1.29 is 0 Å². The van der Waals surface area contributed by atoms with Crippen molar-refractivity contribution in [2.24, 2.45) is 0 Å². The van der Waals surface area contributed by atoms with Crippen molar-refractivity contribution in [3.63, 3.8) is 0 Å². The Bertz CT molecular complexity index is 224. The summed E-state index contributed by atoms with van der Waals surface area (Å²) < 4.78 is 0. The molecule has 0 aromatic carbocycles. The second kappa shape index (κ2) is 7.46. The van der Waals surface area contributed by atoms with Crippen LogP contribution in [0.1, 0.15) is 46.5 Å². The van der Waals surface area contributed by atoms with Gasteiger partial charge in [-0.1, -0.05) is 20.8 Å². The summed E-state index contributed by atoms with van der Waals surface area (Å²) in [5.41, 5.74) is 0.365. The number of piperazine rings is 1. The van der Waals surface area contributed by atoms with Crippen molar-refractivity contribution in [1.29, 1.82) is 0 Å². The predicted octanol–water partition coefficient (Wildman–Crippen LogP) is 2.18. The summed E-state index contributed by atoms with van der Waals surface area (Å²) in [6.07, 6.45) is 5.03. The van der Waals surface area contributed by atoms with E-state index in [-0.39, 0.29) is 0 Å². The first-order chi connectivity index (χ1) is 8.56. The van der Waals surface area contributed by atoms with Gasteiger partial charge in [-0.15, -0.1) is 0 Å². The van der Waals surface area contributed by atoms with E-state index >= 15 is 0 Å². The molecule has 1 rings (SSSR count). The molecule has 1 saturated heterocycles. The third kappa shape index (κ3) is 4.22. The molecule has 1 fully saturated rings. The highest BCUT2D eigenvalue weighted by atomic mass is 15.3. The van der Waals surface area contributed by atoms with Gasteiger partial charge in [0.1, 0.15) is 0 Å². The number of hydrogen-bond donors (Lipinski definition) is 1. The lowest BCUT2D eigenvalue weighted by Crippen LogP contribution is -2.63. The van der Waals surface area contributed by atoms with Gasteiger partial charge in [0.05, 0.1) is 0 Å². The first-order valence-electron chi connectivity index (χ1n) is 7.70. The monoisotopic (exact) mass is 255 g/mol. The van der Waals surface area contributed by atoms with E-state index in [1.807, 2.05) is 0 Å². The van der Waals surface area contributed by atoms with Crippen LogP contribution in [0.2, 0.25) is 0 Å². The van der Waals surface area contributed by atoms with Gasteiger partial charge < -0.3 is 10.2 Å². The summed E-state index contributed by atoms with van der Waals surface area (Å²) in [5.74, 6) is 0. The highest BCUT2D eigenvalue weighted by Crippen LogP contribution is 2.23. The minimum Gasteiger partial charge on any atom is -0.309 e. The summed E-state index contributed by atoms with van der Waals surface area (Å²) in [5, 5.41) is 3.81. The molecule has 0 aromatic rings. The predicted molar refractivity (Wildman–Crippen MR) is 80.1 cm³/mol. The highest BCUT2D eigenvalue weighted by molar-refractivity contribution is 4.96. The van der Waals surface area contributed by atoms with E-state index in [4.69, 9.17) is 0 Å². The van der Waals surface area contributed by atoms with Gasteiger partial charge in [0.25, 0.3) is 0 Å². The number of rotatable bonds is 7. The van der Waals surface area contributed by atoms with Gasteiger partial charge in [-0.3, -0.25) is 4.90 Å². The Morgan fingerprint density at radius 3 is 2.39 bits per heavy atom. The zero-order valence-electron chi connectivity index (χ0n) is 13.1. The summed E-state index contributed by atoms with van der Waals surface area (Å²) in [4.78, 5) is 5.02. The fourth-order valence-corrected chi connectivity index (χ4v) is 3.01. The fourth-order valence-electron chi connectivity index (χ4n) is 3.01. The van der Waals surface area contributed by atoms with Crippen molar-refractivity contribution in [2.45, 2.75) is 58.0 Å². The van der Waals surface area contributed by atoms with Crippen LogP contribution >= 0.6 is 0 Å². The van der Waals surface area contributed by atoms with Crippen molar-refractivity contribution in [3.05, 3.63) is 0 Å². The standard InChI is InChI=1S/C15H33N3/c1-6-14-12-16-15(7-2,8-3)13-18(14)11-9-10-17(4)5/h14,16H,6-13H2,1-5H3. The Hall–Kier alpha value is -0.120. The van der Waals surface area contributed by atoms with Crippen LogP contribution in [0.25, 0.3) is 0 Å². The van der Waals surface area contributed by atoms with E-state index in [1.165, 1.54) is 51.9 Å². The average molecular weight is 255 g/mol. The first kappa shape index (κ1) is 15.9. The lowest BCUT2D eigenvalue weighted by molar-refractivity contribution is 0.0680. The smallest absolute Gasteiger partial charge is 0.0304 e. The minimum atomic E-state index is 0.365. The average Bonchev–Trinajstić information content (AvgIpc) is 2.38. The zero-order chi connectivity index (χ0) is 13.6. The van der Waals surface area contributed by atoms with Crippen LogP contribution in [-0.4, -0.2) is 61.7 Å². The molecule has 0 aliphatic carbocycles. The SMILES string of the molecule is CCC1CNC(CC)(CC)CN1CCCN(C)C. The Balaban J connectivity index is 2.53. The van der Waals surface area contributed by atoms with Crippen LogP contribution in [0.5, 0.6) is 0 Å². The topological polar surface area (TPSA) is 18.5 Å². The maximum absolute atomic E-state index is 3.81. The molecule has 0 radical (unpaired) electrons. The van der Waals surface area contributed by atoms with Crippen LogP contribution in [0.3, 0.4) is 0 Å². The Labute approximate surface area is 114 Å². The van der Waals surface area contributed by atoms with Crippen LogP contribution in [0.15, 0.2) is 0 Å². The minimum absolute atomic E-state index is 0.365. The summed E-state index contributed by atoms with van der Waals surface area (Å²) in [6, 6.07) is 0.735. The second-order valence-corrected chi connectivity index (χ2v) is 6.06. The van der Waals surface area contributed by atoms with E-state index in [9.17, 15) is 0 Å². The number of hydrogen-bond acceptors (Lipinski definition) is 3. The third-order valence-corrected chi connectivity index (χ3v) is 4.61. The molecule has 1 aliphatic heterocycles. The molecule has 1 N–H and O–H groups in total. The Kier molecular flexibility index (Phi) is 6.61. The molecule has 1 aliphatic rings. The third-order valence-electron chi connectivity index (χ3n) is 4.61. The van der Waals surface area contributed by atoms with Crippen LogP contribution in [0.4, 0.5) is 0 Å². The largest absolute Gasteiger partial charge is 0.309 e. The van der Waals surface area contributed by atoms with E-state index in [1.54, 1.807) is 0 Å². The Morgan fingerprint density at radius 2 is 1.89 bits per heavy atom. The molecule has 1 heterocycles. The van der Waals surface area contributed by atoms with Gasteiger partial charge in [-0.25, -0.2) is 0 Å².